The number of likely N-dealkylation sites (tertiary alicyclic amines) is 1. The number of amides is 3. The standard InChI is InChI=1S/C35H39N7O4S/c1-39(2)32(43)13-15-41-14-7-9-24(20-41)42(36)35(45)26-19-37-18-25-27(21-47-33(25)26)22-11-12-28(31(17-22)46-4)38-34(44)30-16-23-8-5-6-10-29(23)40(30)3/h5-6,8,10-12,16-19,21,24H,7,9,13-15,20,36H2,1-4H3,(H,38,44). The van der Waals surface area contributed by atoms with Crippen molar-refractivity contribution in [2.24, 2.45) is 12.9 Å². The molecule has 1 atom stereocenters. The van der Waals surface area contributed by atoms with Crippen molar-refractivity contribution in [2.45, 2.75) is 25.3 Å². The number of aryl methyl sites for hydroxylation is 1. The zero-order chi connectivity index (χ0) is 33.2. The minimum Gasteiger partial charge on any atom is -0.495 e. The summed E-state index contributed by atoms with van der Waals surface area (Å²) in [6, 6.07) is 15.2. The fraction of sp³-hybridized carbons (Fsp3) is 0.314. The van der Waals surface area contributed by atoms with Gasteiger partial charge in [0.1, 0.15) is 11.4 Å². The van der Waals surface area contributed by atoms with Crippen molar-refractivity contribution >= 4 is 55.7 Å². The molecule has 4 heterocycles. The maximum Gasteiger partial charge on any atom is 0.272 e. The van der Waals surface area contributed by atoms with Gasteiger partial charge in [-0.3, -0.25) is 24.4 Å². The van der Waals surface area contributed by atoms with Gasteiger partial charge in [0.15, 0.2) is 0 Å². The summed E-state index contributed by atoms with van der Waals surface area (Å²) < 4.78 is 8.37. The Morgan fingerprint density at radius 1 is 1.13 bits per heavy atom. The molecular formula is C35H39N7O4S. The topological polar surface area (TPSA) is 126 Å². The highest BCUT2D eigenvalue weighted by Gasteiger charge is 2.29. The molecule has 0 spiro atoms. The number of benzene rings is 2. The third kappa shape index (κ3) is 6.44. The van der Waals surface area contributed by atoms with Gasteiger partial charge in [-0.2, -0.15) is 0 Å². The van der Waals surface area contributed by atoms with E-state index < -0.39 is 0 Å². The highest BCUT2D eigenvalue weighted by molar-refractivity contribution is 7.18. The lowest BCUT2D eigenvalue weighted by Gasteiger charge is -2.37. The van der Waals surface area contributed by atoms with E-state index in [0.717, 1.165) is 51.5 Å². The minimum absolute atomic E-state index is 0.0805. The number of para-hydroxylation sites is 1. The summed E-state index contributed by atoms with van der Waals surface area (Å²) in [4.78, 5) is 47.3. The summed E-state index contributed by atoms with van der Waals surface area (Å²) in [5, 5.41) is 8.15. The summed E-state index contributed by atoms with van der Waals surface area (Å²) in [5.41, 5.74) is 4.27. The van der Waals surface area contributed by atoms with Gasteiger partial charge in [-0.25, -0.2) is 5.84 Å². The molecule has 0 saturated carbocycles. The minimum atomic E-state index is -0.281. The van der Waals surface area contributed by atoms with Crippen LogP contribution in [-0.2, 0) is 11.8 Å². The lowest BCUT2D eigenvalue weighted by Crippen LogP contribution is -2.53. The van der Waals surface area contributed by atoms with Crippen molar-refractivity contribution in [3.05, 3.63) is 77.6 Å². The molecule has 11 nitrogen and oxygen atoms in total. The van der Waals surface area contributed by atoms with Crippen LogP contribution in [0.5, 0.6) is 5.75 Å². The second-order valence-electron chi connectivity index (χ2n) is 12.1. The van der Waals surface area contributed by atoms with E-state index in [0.29, 0.717) is 42.2 Å². The van der Waals surface area contributed by atoms with Gasteiger partial charge in [0.25, 0.3) is 11.8 Å². The summed E-state index contributed by atoms with van der Waals surface area (Å²) in [7, 11) is 6.95. The average Bonchev–Trinajstić information content (AvgIpc) is 3.68. The number of rotatable bonds is 9. The van der Waals surface area contributed by atoms with Crippen molar-refractivity contribution < 1.29 is 19.1 Å². The molecule has 0 radical (unpaired) electrons. The molecule has 1 aliphatic heterocycles. The molecule has 1 fully saturated rings. The molecule has 12 heteroatoms. The normalized spacial score (nSPS) is 15.1. The van der Waals surface area contributed by atoms with Gasteiger partial charge >= 0.3 is 0 Å². The predicted molar refractivity (Wildman–Crippen MR) is 186 cm³/mol. The maximum absolute atomic E-state index is 13.7. The second kappa shape index (κ2) is 13.5. The van der Waals surface area contributed by atoms with Crippen LogP contribution < -0.4 is 15.9 Å². The molecule has 6 rings (SSSR count). The number of nitrogens with zero attached hydrogens (tertiary/aromatic N) is 5. The molecule has 1 unspecified atom stereocenters. The first-order valence-electron chi connectivity index (χ1n) is 15.6. The Morgan fingerprint density at radius 2 is 1.94 bits per heavy atom. The number of nitrogens with two attached hydrogens (primary N) is 1. The summed E-state index contributed by atoms with van der Waals surface area (Å²) >= 11 is 1.46. The second-order valence-corrected chi connectivity index (χ2v) is 13.0. The van der Waals surface area contributed by atoms with Crippen LogP contribution >= 0.6 is 11.3 Å². The molecule has 1 aliphatic rings. The largest absolute Gasteiger partial charge is 0.495 e. The van der Waals surface area contributed by atoms with E-state index in [1.807, 2.05) is 65.5 Å². The number of pyridine rings is 1. The number of aromatic nitrogens is 2. The Labute approximate surface area is 277 Å². The van der Waals surface area contributed by atoms with Crippen LogP contribution in [0.15, 0.2) is 66.3 Å². The lowest BCUT2D eigenvalue weighted by atomic mass is 10.0. The fourth-order valence-corrected chi connectivity index (χ4v) is 7.28. The van der Waals surface area contributed by atoms with Crippen LogP contribution in [-0.4, -0.2) is 89.0 Å². The highest BCUT2D eigenvalue weighted by atomic mass is 32.1. The van der Waals surface area contributed by atoms with Gasteiger partial charge in [0.05, 0.1) is 29.1 Å². The Kier molecular flexibility index (Phi) is 9.26. The zero-order valence-electron chi connectivity index (χ0n) is 27.0. The van der Waals surface area contributed by atoms with Gasteiger partial charge in [0.2, 0.25) is 5.91 Å². The first-order chi connectivity index (χ1) is 22.7. The number of hydrogen-bond acceptors (Lipinski definition) is 8. The number of carbonyl (C=O) groups excluding carboxylic acids is 3. The van der Waals surface area contributed by atoms with Gasteiger partial charge in [-0.15, -0.1) is 11.3 Å². The number of methoxy groups -OCH3 is 1. The van der Waals surface area contributed by atoms with E-state index >= 15 is 0 Å². The third-order valence-electron chi connectivity index (χ3n) is 8.91. The molecule has 3 aromatic heterocycles. The van der Waals surface area contributed by atoms with E-state index in [1.165, 1.54) is 16.3 Å². The monoisotopic (exact) mass is 653 g/mol. The number of fused-ring (bicyclic) bond motifs is 2. The van der Waals surface area contributed by atoms with Gasteiger partial charge in [0, 0.05) is 74.9 Å². The molecule has 3 amide bonds. The molecule has 0 aliphatic carbocycles. The number of carbonyl (C=O) groups is 3. The molecule has 2 aromatic carbocycles. The van der Waals surface area contributed by atoms with Crippen LogP contribution in [0, 0.1) is 0 Å². The molecule has 3 N–H and O–H groups in total. The predicted octanol–water partition coefficient (Wildman–Crippen LogP) is 4.97. The zero-order valence-corrected chi connectivity index (χ0v) is 27.8. The van der Waals surface area contributed by atoms with E-state index in [2.05, 4.69) is 15.2 Å². The molecule has 244 valence electrons. The summed E-state index contributed by atoms with van der Waals surface area (Å²) in [6.07, 6.45) is 5.45. The number of hydrazine groups is 1. The SMILES string of the molecule is COc1cc(-c2csc3c(C(=O)N(N)C4CCCN(CCC(=O)N(C)C)C4)cncc23)ccc1NC(=O)c1cc2ccccc2n1C. The summed E-state index contributed by atoms with van der Waals surface area (Å²) in [5.74, 6) is 6.54. The molecular weight excluding hydrogens is 614 g/mol. The molecule has 5 aromatic rings. The van der Waals surface area contributed by atoms with E-state index in [-0.39, 0.29) is 23.8 Å². The Hall–Kier alpha value is -4.78. The smallest absolute Gasteiger partial charge is 0.272 e. The number of ether oxygens (including phenoxy) is 1. The Bertz CT molecular complexity index is 1970. The first kappa shape index (κ1) is 32.2. The quantitative estimate of drug-likeness (QED) is 0.131. The number of thiophene rings is 1. The van der Waals surface area contributed by atoms with Crippen LogP contribution in [0.4, 0.5) is 5.69 Å². The number of hydrogen-bond donors (Lipinski definition) is 2. The average molecular weight is 654 g/mol. The van der Waals surface area contributed by atoms with Crippen molar-refractivity contribution in [2.75, 3.05) is 46.2 Å². The Balaban J connectivity index is 1.20. The molecule has 0 bridgehead atoms. The van der Waals surface area contributed by atoms with Crippen LogP contribution in [0.3, 0.4) is 0 Å². The summed E-state index contributed by atoms with van der Waals surface area (Å²) in [6.45, 7) is 2.13. The Morgan fingerprint density at radius 3 is 2.70 bits per heavy atom. The first-order valence-corrected chi connectivity index (χ1v) is 16.4. The molecule has 1 saturated heterocycles. The van der Waals surface area contributed by atoms with Crippen molar-refractivity contribution in [3.63, 3.8) is 0 Å². The van der Waals surface area contributed by atoms with E-state index in [9.17, 15) is 14.4 Å². The van der Waals surface area contributed by atoms with Crippen LogP contribution in [0.1, 0.15) is 40.1 Å². The van der Waals surface area contributed by atoms with Crippen LogP contribution in [0.2, 0.25) is 0 Å². The fourth-order valence-electron chi connectivity index (χ4n) is 6.22. The lowest BCUT2D eigenvalue weighted by molar-refractivity contribution is -0.129. The number of nitrogens with one attached hydrogen (secondary N) is 1. The third-order valence-corrected chi connectivity index (χ3v) is 9.94. The van der Waals surface area contributed by atoms with E-state index in [4.69, 9.17) is 10.6 Å². The highest BCUT2D eigenvalue weighted by Crippen LogP contribution is 2.39. The number of piperidine rings is 1. The van der Waals surface area contributed by atoms with Gasteiger partial charge in [-0.1, -0.05) is 24.3 Å². The van der Waals surface area contributed by atoms with E-state index in [1.54, 1.807) is 38.5 Å². The van der Waals surface area contributed by atoms with Crippen molar-refractivity contribution in [1.29, 1.82) is 0 Å². The van der Waals surface area contributed by atoms with Crippen molar-refractivity contribution in [3.8, 4) is 16.9 Å². The van der Waals surface area contributed by atoms with Gasteiger partial charge < -0.3 is 24.4 Å². The number of anilines is 1. The van der Waals surface area contributed by atoms with Crippen molar-refractivity contribution in [1.82, 2.24) is 24.4 Å². The maximum atomic E-state index is 13.7. The van der Waals surface area contributed by atoms with Crippen LogP contribution in [0.25, 0.3) is 32.1 Å². The van der Waals surface area contributed by atoms with Gasteiger partial charge in [-0.05, 0) is 54.6 Å². The molecule has 47 heavy (non-hydrogen) atoms.